The summed E-state index contributed by atoms with van der Waals surface area (Å²) in [5, 5.41) is 7.81. The molecule has 0 saturated carbocycles. The zero-order valence-electron chi connectivity index (χ0n) is 27.5. The molecule has 9 rings (SSSR count). The van der Waals surface area contributed by atoms with E-state index >= 15 is 0 Å². The summed E-state index contributed by atoms with van der Waals surface area (Å²) in [6.07, 6.45) is 4.11. The van der Waals surface area contributed by atoms with Crippen LogP contribution in [0.4, 0.5) is 0 Å². The number of fused-ring (bicyclic) bond motifs is 4. The minimum Gasteiger partial charge on any atom is -0.294 e. The molecule has 0 aliphatic carbocycles. The third-order valence-electron chi connectivity index (χ3n) is 10.0. The molecule has 0 fully saturated rings. The first-order valence-corrected chi connectivity index (χ1v) is 18.8. The molecule has 3 aromatic heterocycles. The lowest BCUT2D eigenvalue weighted by Gasteiger charge is -2.34. The van der Waals surface area contributed by atoms with Crippen molar-refractivity contribution in [3.05, 3.63) is 182 Å². The van der Waals surface area contributed by atoms with Crippen molar-refractivity contribution in [1.82, 2.24) is 14.1 Å². The van der Waals surface area contributed by atoms with E-state index in [2.05, 4.69) is 198 Å². The van der Waals surface area contributed by atoms with Crippen LogP contribution in [-0.4, -0.2) is 22.2 Å². The lowest BCUT2D eigenvalue weighted by Crippen LogP contribution is -2.74. The van der Waals surface area contributed by atoms with Crippen molar-refractivity contribution in [2.45, 2.75) is 6.92 Å². The molecule has 0 radical (unpaired) electrons. The van der Waals surface area contributed by atoms with Gasteiger partial charge in [0, 0.05) is 17.0 Å². The number of rotatable bonds is 6. The van der Waals surface area contributed by atoms with Gasteiger partial charge in [-0.3, -0.25) is 4.57 Å². The third kappa shape index (κ3) is 4.58. The molecule has 0 bridgehead atoms. The first-order valence-electron chi connectivity index (χ1n) is 16.8. The molecule has 0 saturated heterocycles. The van der Waals surface area contributed by atoms with Crippen molar-refractivity contribution >= 4 is 61.7 Å². The molecule has 0 aliphatic rings. The molecule has 6 aromatic carbocycles. The summed E-state index contributed by atoms with van der Waals surface area (Å²) < 4.78 is 6.87. The van der Waals surface area contributed by atoms with Gasteiger partial charge in [0.2, 0.25) is 6.33 Å². The second-order valence-electron chi connectivity index (χ2n) is 12.9. The average molecular weight is 648 g/mol. The Morgan fingerprint density at radius 2 is 1.16 bits per heavy atom. The van der Waals surface area contributed by atoms with Crippen molar-refractivity contribution in [2.75, 3.05) is 0 Å². The van der Waals surface area contributed by atoms with Gasteiger partial charge in [0.05, 0.1) is 18.1 Å². The summed E-state index contributed by atoms with van der Waals surface area (Å²) in [6.45, 7) is 2.13. The molecule has 0 N–H and O–H groups in total. The highest BCUT2D eigenvalue weighted by atomic mass is 28.3. The Balaban J connectivity index is 1.39. The molecule has 5 heteroatoms. The van der Waals surface area contributed by atoms with Gasteiger partial charge in [-0.2, -0.15) is 4.57 Å². The summed E-state index contributed by atoms with van der Waals surface area (Å²) in [6, 6.07) is 60.3. The first kappa shape index (κ1) is 29.1. The van der Waals surface area contributed by atoms with Crippen LogP contribution in [0.2, 0.25) is 0 Å². The van der Waals surface area contributed by atoms with Gasteiger partial charge in [0.25, 0.3) is 0 Å². The lowest BCUT2D eigenvalue weighted by atomic mass is 10.1. The number of hydrogen-bond donors (Lipinski definition) is 0. The Hall–Kier alpha value is -6.04. The van der Waals surface area contributed by atoms with Gasteiger partial charge in [-0.15, -0.1) is 0 Å². The summed E-state index contributed by atoms with van der Waals surface area (Å²) in [7, 11) is -0.762. The van der Waals surface area contributed by atoms with Crippen LogP contribution in [0.25, 0.3) is 44.3 Å². The summed E-state index contributed by atoms with van der Waals surface area (Å²) in [5.41, 5.74) is 7.05. The molecular weight excluding hydrogens is 613 g/mol. The molecule has 3 heterocycles. The quantitative estimate of drug-likeness (QED) is 0.113. The fraction of sp³-hybridized carbons (Fsp3) is 0.0455. The van der Waals surface area contributed by atoms with E-state index in [9.17, 15) is 0 Å². The normalized spacial score (nSPS) is 11.9. The maximum Gasteiger partial charge on any atom is 0.249 e. The van der Waals surface area contributed by atoms with Crippen LogP contribution < -0.4 is 25.3 Å². The molecule has 0 spiro atoms. The van der Waals surface area contributed by atoms with Crippen LogP contribution in [0, 0.1) is 6.92 Å². The average Bonchev–Trinajstić information content (AvgIpc) is 3.67. The predicted molar refractivity (Wildman–Crippen MR) is 205 cm³/mol. The van der Waals surface area contributed by atoms with Crippen molar-refractivity contribution in [2.24, 2.45) is 7.05 Å². The summed E-state index contributed by atoms with van der Waals surface area (Å²) in [4.78, 5) is 4.89. The Morgan fingerprint density at radius 1 is 0.531 bits per heavy atom. The second-order valence-corrected chi connectivity index (χ2v) is 16.7. The van der Waals surface area contributed by atoms with E-state index in [1.807, 2.05) is 6.20 Å². The fourth-order valence-electron chi connectivity index (χ4n) is 7.83. The maximum absolute atomic E-state index is 4.89. The van der Waals surface area contributed by atoms with E-state index < -0.39 is 8.07 Å². The smallest absolute Gasteiger partial charge is 0.249 e. The highest BCUT2D eigenvalue weighted by Gasteiger charge is 2.42. The standard InChI is InChI=1S/C44H35N4Si/c1-32-26-27-45-44(28-32)48-40-21-10-9-20-38(40)39-25-24-37(30-43(39)48)49(34-15-5-3-6-16-34,35-17-7-4-8-18-35)36-19-13-14-33(29-36)47-31-46(2)41-22-11-12-23-42(41)47/h3-31H,1-2H3/q+1. The van der Waals surface area contributed by atoms with Gasteiger partial charge >= 0.3 is 0 Å². The SMILES string of the molecule is Cc1ccnc(-n2c3ccccc3c3ccc([Si](c4ccccc4)(c4ccccc4)c4cccc(-n5c[n+](C)c6ccccc65)c4)cc32)c1. The van der Waals surface area contributed by atoms with Gasteiger partial charge < -0.3 is 0 Å². The number of aromatic nitrogens is 4. The number of para-hydroxylation sites is 3. The van der Waals surface area contributed by atoms with E-state index in [-0.39, 0.29) is 0 Å². The predicted octanol–water partition coefficient (Wildman–Crippen LogP) is 6.63. The van der Waals surface area contributed by atoms with Crippen LogP contribution in [0.5, 0.6) is 0 Å². The topological polar surface area (TPSA) is 26.6 Å². The van der Waals surface area contributed by atoms with E-state index in [0.717, 1.165) is 17.0 Å². The largest absolute Gasteiger partial charge is 0.294 e. The number of pyridine rings is 1. The number of hydrogen-bond acceptors (Lipinski definition) is 1. The summed E-state index contributed by atoms with van der Waals surface area (Å²) in [5.74, 6) is 0.935. The zero-order valence-corrected chi connectivity index (χ0v) is 28.5. The molecule has 49 heavy (non-hydrogen) atoms. The molecule has 0 unspecified atom stereocenters. The van der Waals surface area contributed by atoms with Crippen molar-refractivity contribution in [3.8, 4) is 11.5 Å². The number of imidazole rings is 1. The Kier molecular flexibility index (Phi) is 6.88. The third-order valence-corrected chi connectivity index (χ3v) is 14.8. The summed E-state index contributed by atoms with van der Waals surface area (Å²) >= 11 is 0. The van der Waals surface area contributed by atoms with E-state index in [0.29, 0.717) is 0 Å². The van der Waals surface area contributed by atoms with Crippen LogP contribution >= 0.6 is 0 Å². The molecule has 0 amide bonds. The van der Waals surface area contributed by atoms with Crippen molar-refractivity contribution in [3.63, 3.8) is 0 Å². The van der Waals surface area contributed by atoms with Crippen molar-refractivity contribution in [1.29, 1.82) is 0 Å². The highest BCUT2D eigenvalue weighted by molar-refractivity contribution is 7.20. The van der Waals surface area contributed by atoms with Crippen LogP contribution in [-0.2, 0) is 7.05 Å². The first-order chi connectivity index (χ1) is 24.1. The monoisotopic (exact) mass is 647 g/mol. The van der Waals surface area contributed by atoms with Gasteiger partial charge in [0.15, 0.2) is 19.1 Å². The molecule has 0 atom stereocenters. The number of aryl methyl sites for hydroxylation is 2. The van der Waals surface area contributed by atoms with Gasteiger partial charge in [0.1, 0.15) is 11.5 Å². The van der Waals surface area contributed by atoms with Gasteiger partial charge in [-0.05, 0) is 81.8 Å². The Morgan fingerprint density at radius 3 is 1.92 bits per heavy atom. The highest BCUT2D eigenvalue weighted by Crippen LogP contribution is 2.31. The van der Waals surface area contributed by atoms with E-state index in [1.165, 1.54) is 53.6 Å². The van der Waals surface area contributed by atoms with Crippen molar-refractivity contribution < 1.29 is 4.57 Å². The minimum atomic E-state index is -2.88. The minimum absolute atomic E-state index is 0.935. The molecule has 9 aromatic rings. The Bertz CT molecular complexity index is 2600. The molecule has 4 nitrogen and oxygen atoms in total. The van der Waals surface area contributed by atoms with Crippen LogP contribution in [0.15, 0.2) is 176 Å². The molecule has 234 valence electrons. The van der Waals surface area contributed by atoms with Crippen LogP contribution in [0.3, 0.4) is 0 Å². The zero-order chi connectivity index (χ0) is 33.0. The molecule has 0 aliphatic heterocycles. The van der Waals surface area contributed by atoms with Gasteiger partial charge in [-0.25, -0.2) is 9.55 Å². The fourth-order valence-corrected chi connectivity index (χ4v) is 12.6. The Labute approximate surface area is 286 Å². The number of nitrogens with zero attached hydrogens (tertiary/aromatic N) is 4. The molecular formula is C44H35N4Si+. The lowest BCUT2D eigenvalue weighted by molar-refractivity contribution is -0.645. The number of benzene rings is 6. The van der Waals surface area contributed by atoms with Gasteiger partial charge in [-0.1, -0.05) is 115 Å². The maximum atomic E-state index is 4.89. The van der Waals surface area contributed by atoms with E-state index in [1.54, 1.807) is 0 Å². The van der Waals surface area contributed by atoms with Crippen LogP contribution in [0.1, 0.15) is 5.56 Å². The second kappa shape index (κ2) is 11.6. The van der Waals surface area contributed by atoms with E-state index in [4.69, 9.17) is 4.98 Å².